The molecule has 0 saturated heterocycles. The number of ether oxygens (including phenoxy) is 1. The second kappa shape index (κ2) is 9.97. The molecule has 0 N–H and O–H groups in total. The summed E-state index contributed by atoms with van der Waals surface area (Å²) in [4.78, 5) is 0. The summed E-state index contributed by atoms with van der Waals surface area (Å²) in [6.45, 7) is 9.74. The summed E-state index contributed by atoms with van der Waals surface area (Å²) in [6, 6.07) is 17.0. The van der Waals surface area contributed by atoms with Gasteiger partial charge in [0.1, 0.15) is 16.9 Å². The van der Waals surface area contributed by atoms with Gasteiger partial charge in [0.05, 0.1) is 6.61 Å². The minimum absolute atomic E-state index is 0.0896. The van der Waals surface area contributed by atoms with E-state index in [9.17, 15) is 0 Å². The van der Waals surface area contributed by atoms with Crippen LogP contribution in [0.3, 0.4) is 0 Å². The summed E-state index contributed by atoms with van der Waals surface area (Å²) in [5.74, 6) is 0.871. The van der Waals surface area contributed by atoms with Gasteiger partial charge in [0.2, 0.25) is 0 Å². The van der Waals surface area contributed by atoms with Gasteiger partial charge in [0, 0.05) is 27.6 Å². The van der Waals surface area contributed by atoms with E-state index in [1.54, 1.807) is 0 Å². The van der Waals surface area contributed by atoms with Crippen molar-refractivity contribution in [2.45, 2.75) is 84.5 Å². The van der Waals surface area contributed by atoms with Crippen LogP contribution in [0.4, 0.5) is 0 Å². The average Bonchev–Trinajstić information content (AvgIpc) is 3.40. The van der Waals surface area contributed by atoms with Crippen LogP contribution in [0.1, 0.15) is 84.6 Å². The molecule has 0 atom stereocenters. The first-order chi connectivity index (χ1) is 17.0. The van der Waals surface area contributed by atoms with Crippen molar-refractivity contribution in [2.75, 3.05) is 6.61 Å². The molecule has 0 bridgehead atoms. The number of hydrogen-bond donors (Lipinski definition) is 0. The monoisotopic (exact) mass is 470 g/mol. The van der Waals surface area contributed by atoms with E-state index in [4.69, 9.17) is 13.6 Å². The third-order valence-corrected chi connectivity index (χ3v) is 7.18. The quantitative estimate of drug-likeness (QED) is 0.190. The first-order valence-electron chi connectivity index (χ1n) is 13.4. The largest absolute Gasteiger partial charge is 0.493 e. The molecule has 0 fully saturated rings. The normalized spacial score (nSPS) is 12.5. The number of rotatable bonds is 10. The summed E-state index contributed by atoms with van der Waals surface area (Å²) in [6.07, 6.45) is 10.4. The van der Waals surface area contributed by atoms with Gasteiger partial charge >= 0.3 is 0 Å². The van der Waals surface area contributed by atoms with Gasteiger partial charge < -0.3 is 13.6 Å². The van der Waals surface area contributed by atoms with E-state index >= 15 is 0 Å². The minimum atomic E-state index is 0.0896. The molecule has 184 valence electrons. The standard InChI is InChI=1S/C32H38O3/c1-5-6-7-8-9-10-11-12-19-33-23-14-15-24-25-16-17-26-27-20-22(32(2,3)4)13-18-28(27)34-31(26)30(25)35-29(24)21-23/h13-18,20-21H,5-12,19H2,1-4H3. The van der Waals surface area contributed by atoms with Crippen LogP contribution in [0.15, 0.2) is 57.4 Å². The molecule has 2 aromatic heterocycles. The van der Waals surface area contributed by atoms with Crippen LogP contribution in [0.2, 0.25) is 0 Å². The molecule has 3 nitrogen and oxygen atoms in total. The van der Waals surface area contributed by atoms with Crippen molar-refractivity contribution >= 4 is 43.9 Å². The fourth-order valence-corrected chi connectivity index (χ4v) is 5.03. The molecule has 0 radical (unpaired) electrons. The van der Waals surface area contributed by atoms with Gasteiger partial charge in [-0.1, -0.05) is 78.7 Å². The predicted molar refractivity (Wildman–Crippen MR) is 148 cm³/mol. The van der Waals surface area contributed by atoms with Crippen molar-refractivity contribution in [3.05, 3.63) is 54.1 Å². The van der Waals surface area contributed by atoms with Crippen LogP contribution in [-0.2, 0) is 5.41 Å². The average molecular weight is 471 g/mol. The Hall–Kier alpha value is -2.94. The van der Waals surface area contributed by atoms with E-state index in [2.05, 4.69) is 70.2 Å². The Kier molecular flexibility index (Phi) is 6.77. The fourth-order valence-electron chi connectivity index (χ4n) is 5.03. The van der Waals surface area contributed by atoms with Gasteiger partial charge in [0.15, 0.2) is 11.2 Å². The number of hydrogen-bond acceptors (Lipinski definition) is 3. The smallest absolute Gasteiger partial charge is 0.178 e. The molecule has 0 aliphatic heterocycles. The lowest BCUT2D eigenvalue weighted by Gasteiger charge is -2.18. The Balaban J connectivity index is 1.33. The van der Waals surface area contributed by atoms with Gasteiger partial charge in [-0.3, -0.25) is 0 Å². The van der Waals surface area contributed by atoms with Crippen molar-refractivity contribution in [3.8, 4) is 5.75 Å². The number of unbranched alkanes of at least 4 members (excludes halogenated alkanes) is 7. The maximum atomic E-state index is 6.35. The van der Waals surface area contributed by atoms with Crippen LogP contribution in [0.25, 0.3) is 43.9 Å². The Bertz CT molecular complexity index is 1440. The lowest BCUT2D eigenvalue weighted by atomic mass is 9.86. The Morgan fingerprint density at radius 3 is 1.97 bits per heavy atom. The zero-order valence-corrected chi connectivity index (χ0v) is 21.7. The lowest BCUT2D eigenvalue weighted by Crippen LogP contribution is -2.10. The summed E-state index contributed by atoms with van der Waals surface area (Å²) >= 11 is 0. The summed E-state index contributed by atoms with van der Waals surface area (Å²) in [7, 11) is 0. The second-order valence-corrected chi connectivity index (χ2v) is 11.0. The van der Waals surface area contributed by atoms with E-state index < -0.39 is 0 Å². The second-order valence-electron chi connectivity index (χ2n) is 11.0. The Morgan fingerprint density at radius 2 is 1.26 bits per heavy atom. The highest BCUT2D eigenvalue weighted by Crippen LogP contribution is 2.40. The highest BCUT2D eigenvalue weighted by atomic mass is 16.5. The SMILES string of the molecule is CCCCCCCCCCOc1ccc2c(c1)oc1c2ccc2c3cc(C(C)(C)C)ccc3oc21. The van der Waals surface area contributed by atoms with Gasteiger partial charge in [-0.15, -0.1) is 0 Å². The maximum Gasteiger partial charge on any atom is 0.178 e. The zero-order chi connectivity index (χ0) is 24.4. The van der Waals surface area contributed by atoms with Gasteiger partial charge in [-0.2, -0.15) is 0 Å². The molecular formula is C32H38O3. The van der Waals surface area contributed by atoms with Crippen LogP contribution >= 0.6 is 0 Å². The first kappa shape index (κ1) is 23.8. The maximum absolute atomic E-state index is 6.35. The lowest BCUT2D eigenvalue weighted by molar-refractivity contribution is 0.304. The molecule has 5 rings (SSSR count). The first-order valence-corrected chi connectivity index (χ1v) is 13.4. The molecule has 35 heavy (non-hydrogen) atoms. The molecule has 0 amide bonds. The molecule has 0 aliphatic carbocycles. The minimum Gasteiger partial charge on any atom is -0.493 e. The van der Waals surface area contributed by atoms with Crippen LogP contribution in [0, 0.1) is 0 Å². The van der Waals surface area contributed by atoms with Crippen LogP contribution in [-0.4, -0.2) is 6.61 Å². The molecule has 0 aliphatic rings. The van der Waals surface area contributed by atoms with Crippen molar-refractivity contribution in [1.29, 1.82) is 0 Å². The van der Waals surface area contributed by atoms with Crippen molar-refractivity contribution in [2.24, 2.45) is 0 Å². The molecule has 3 heteroatoms. The van der Waals surface area contributed by atoms with E-state index in [0.717, 1.165) is 62.7 Å². The molecule has 5 aromatic rings. The zero-order valence-electron chi connectivity index (χ0n) is 21.7. The van der Waals surface area contributed by atoms with Crippen molar-refractivity contribution in [3.63, 3.8) is 0 Å². The predicted octanol–water partition coefficient (Wildman–Crippen LogP) is 10.3. The molecular weight excluding hydrogens is 432 g/mol. The van der Waals surface area contributed by atoms with Crippen LogP contribution < -0.4 is 4.74 Å². The van der Waals surface area contributed by atoms with Gasteiger partial charge in [0.25, 0.3) is 0 Å². The highest BCUT2D eigenvalue weighted by Gasteiger charge is 2.19. The number of benzene rings is 3. The Labute approximate surface area is 208 Å². The third-order valence-electron chi connectivity index (χ3n) is 7.18. The van der Waals surface area contributed by atoms with E-state index in [-0.39, 0.29) is 5.41 Å². The topological polar surface area (TPSA) is 35.5 Å². The number of fused-ring (bicyclic) bond motifs is 7. The Morgan fingerprint density at radius 1 is 0.629 bits per heavy atom. The molecule has 2 heterocycles. The summed E-state index contributed by atoms with van der Waals surface area (Å²) < 4.78 is 18.7. The molecule has 0 unspecified atom stereocenters. The van der Waals surface area contributed by atoms with E-state index in [1.807, 2.05) is 6.07 Å². The molecule has 0 saturated carbocycles. The van der Waals surface area contributed by atoms with Gasteiger partial charge in [-0.05, 0) is 53.8 Å². The number of furan rings is 2. The van der Waals surface area contributed by atoms with Crippen molar-refractivity contribution in [1.82, 2.24) is 0 Å². The third kappa shape index (κ3) is 4.91. The van der Waals surface area contributed by atoms with E-state index in [0.29, 0.717) is 0 Å². The van der Waals surface area contributed by atoms with Crippen LogP contribution in [0.5, 0.6) is 5.75 Å². The fraction of sp³-hybridized carbons (Fsp3) is 0.438. The van der Waals surface area contributed by atoms with Gasteiger partial charge in [-0.25, -0.2) is 0 Å². The summed E-state index contributed by atoms with van der Waals surface area (Å²) in [5, 5.41) is 4.42. The highest BCUT2D eigenvalue weighted by molar-refractivity contribution is 6.18. The molecule has 3 aromatic carbocycles. The van der Waals surface area contributed by atoms with E-state index in [1.165, 1.54) is 50.5 Å². The summed E-state index contributed by atoms with van der Waals surface area (Å²) in [5.41, 5.74) is 4.77. The molecule has 0 spiro atoms. The van der Waals surface area contributed by atoms with Crippen molar-refractivity contribution < 1.29 is 13.6 Å².